The van der Waals surface area contributed by atoms with Crippen LogP contribution in [0.3, 0.4) is 0 Å². The van der Waals surface area contributed by atoms with Crippen LogP contribution < -0.4 is 4.74 Å². The lowest BCUT2D eigenvalue weighted by atomic mass is 9.89. The fourth-order valence-electron chi connectivity index (χ4n) is 2.33. The minimum atomic E-state index is -0.333. The molecule has 2 rings (SSSR count). The van der Waals surface area contributed by atoms with Crippen LogP contribution in [0.1, 0.15) is 37.0 Å². The molecule has 1 aromatic carbocycles. The van der Waals surface area contributed by atoms with Crippen LogP contribution in [0.15, 0.2) is 18.2 Å². The number of rotatable bonds is 4. The highest BCUT2D eigenvalue weighted by atomic mass is 16.5. The van der Waals surface area contributed by atoms with Crippen LogP contribution in [0, 0.1) is 0 Å². The smallest absolute Gasteiger partial charge is 0.120 e. The minimum absolute atomic E-state index is 0.0267. The van der Waals surface area contributed by atoms with E-state index in [2.05, 4.69) is 6.07 Å². The van der Waals surface area contributed by atoms with Crippen LogP contribution in [0.5, 0.6) is 5.75 Å². The maximum atomic E-state index is 9.94. The number of aliphatic hydroxyl groups is 1. The van der Waals surface area contributed by atoms with Crippen molar-refractivity contribution in [3.8, 4) is 5.75 Å². The van der Waals surface area contributed by atoms with Crippen LogP contribution in [-0.4, -0.2) is 24.9 Å². The van der Waals surface area contributed by atoms with E-state index in [9.17, 15) is 5.11 Å². The van der Waals surface area contributed by atoms with Gasteiger partial charge in [0.25, 0.3) is 0 Å². The van der Waals surface area contributed by atoms with Crippen LogP contribution in [0.25, 0.3) is 0 Å². The van der Waals surface area contributed by atoms with Gasteiger partial charge in [0.05, 0.1) is 12.7 Å². The molecule has 1 unspecified atom stereocenters. The van der Waals surface area contributed by atoms with Gasteiger partial charge in [-0.15, -0.1) is 0 Å². The highest BCUT2D eigenvalue weighted by molar-refractivity contribution is 5.38. The largest absolute Gasteiger partial charge is 0.488 e. The summed E-state index contributed by atoms with van der Waals surface area (Å²) in [5.74, 6) is 0.814. The van der Waals surface area contributed by atoms with Crippen molar-refractivity contribution in [1.82, 2.24) is 0 Å². The standard InChI is InChI=1S/C14H20O3/c1-10(9-16-2)17-12-7-6-11-4-3-5-14(15)13(11)8-12/h6-8,10,14-15H,3-5,9H2,1-2H3/t10?,14-/m1/s1. The molecule has 3 nitrogen and oxygen atoms in total. The van der Waals surface area contributed by atoms with Crippen molar-refractivity contribution in [3.63, 3.8) is 0 Å². The average Bonchev–Trinajstić information content (AvgIpc) is 2.30. The summed E-state index contributed by atoms with van der Waals surface area (Å²) in [5.41, 5.74) is 2.27. The predicted molar refractivity (Wildman–Crippen MR) is 66.3 cm³/mol. The fraction of sp³-hybridized carbons (Fsp3) is 0.571. The molecule has 0 heterocycles. The molecule has 1 aliphatic rings. The van der Waals surface area contributed by atoms with Gasteiger partial charge in [-0.3, -0.25) is 0 Å². The highest BCUT2D eigenvalue weighted by Gasteiger charge is 2.18. The van der Waals surface area contributed by atoms with Gasteiger partial charge in [-0.1, -0.05) is 6.07 Å². The van der Waals surface area contributed by atoms with E-state index in [1.807, 2.05) is 19.1 Å². The number of benzene rings is 1. The number of hydrogen-bond donors (Lipinski definition) is 1. The van der Waals surface area contributed by atoms with Crippen LogP contribution in [0.2, 0.25) is 0 Å². The van der Waals surface area contributed by atoms with Crippen molar-refractivity contribution in [2.24, 2.45) is 0 Å². The predicted octanol–water partition coefficient (Wildman–Crippen LogP) is 2.47. The molecule has 0 saturated carbocycles. The number of hydrogen-bond acceptors (Lipinski definition) is 3. The zero-order valence-corrected chi connectivity index (χ0v) is 10.5. The second-order valence-electron chi connectivity index (χ2n) is 4.65. The van der Waals surface area contributed by atoms with Gasteiger partial charge in [0.15, 0.2) is 0 Å². The van der Waals surface area contributed by atoms with E-state index >= 15 is 0 Å². The van der Waals surface area contributed by atoms with E-state index in [0.717, 1.165) is 30.6 Å². The molecule has 1 aliphatic carbocycles. The quantitative estimate of drug-likeness (QED) is 0.872. The molecule has 0 spiro atoms. The molecular formula is C14H20O3. The van der Waals surface area contributed by atoms with Gasteiger partial charge in [-0.25, -0.2) is 0 Å². The van der Waals surface area contributed by atoms with Crippen molar-refractivity contribution < 1.29 is 14.6 Å². The molecule has 0 bridgehead atoms. The summed E-state index contributed by atoms with van der Waals surface area (Å²) in [4.78, 5) is 0. The first-order chi connectivity index (χ1) is 8.20. The molecule has 0 fully saturated rings. The normalized spacial score (nSPS) is 20.8. The van der Waals surface area contributed by atoms with Gasteiger partial charge in [0.2, 0.25) is 0 Å². The third kappa shape index (κ3) is 2.99. The van der Waals surface area contributed by atoms with E-state index in [0.29, 0.717) is 6.61 Å². The molecule has 1 aromatic rings. The lowest BCUT2D eigenvalue weighted by Gasteiger charge is -2.23. The van der Waals surface area contributed by atoms with Gasteiger partial charge in [-0.2, -0.15) is 0 Å². The van der Waals surface area contributed by atoms with E-state index in [-0.39, 0.29) is 12.2 Å². The fourth-order valence-corrected chi connectivity index (χ4v) is 2.33. The maximum Gasteiger partial charge on any atom is 0.120 e. The number of aryl methyl sites for hydroxylation is 1. The zero-order chi connectivity index (χ0) is 12.3. The number of fused-ring (bicyclic) bond motifs is 1. The molecule has 0 saturated heterocycles. The first kappa shape index (κ1) is 12.4. The first-order valence-electron chi connectivity index (χ1n) is 6.17. The second kappa shape index (κ2) is 5.52. The van der Waals surface area contributed by atoms with Gasteiger partial charge in [0.1, 0.15) is 11.9 Å². The Balaban J connectivity index is 2.12. The summed E-state index contributed by atoms with van der Waals surface area (Å²) >= 11 is 0. The average molecular weight is 236 g/mol. The zero-order valence-electron chi connectivity index (χ0n) is 10.5. The molecule has 94 valence electrons. The van der Waals surface area contributed by atoms with Gasteiger partial charge < -0.3 is 14.6 Å². The number of methoxy groups -OCH3 is 1. The van der Waals surface area contributed by atoms with Crippen molar-refractivity contribution >= 4 is 0 Å². The summed E-state index contributed by atoms with van der Waals surface area (Å²) < 4.78 is 10.8. The lowest BCUT2D eigenvalue weighted by molar-refractivity contribution is 0.0915. The minimum Gasteiger partial charge on any atom is -0.488 e. The van der Waals surface area contributed by atoms with Crippen LogP contribution >= 0.6 is 0 Å². The number of aliphatic hydroxyl groups excluding tert-OH is 1. The Labute approximate surface area is 102 Å². The Morgan fingerprint density at radius 2 is 2.29 bits per heavy atom. The Kier molecular flexibility index (Phi) is 4.02. The molecular weight excluding hydrogens is 216 g/mol. The van der Waals surface area contributed by atoms with Crippen molar-refractivity contribution in [2.45, 2.75) is 38.4 Å². The van der Waals surface area contributed by atoms with Crippen molar-refractivity contribution in [3.05, 3.63) is 29.3 Å². The molecule has 0 aromatic heterocycles. The molecule has 2 atom stereocenters. The molecule has 0 aliphatic heterocycles. The Morgan fingerprint density at radius 1 is 1.47 bits per heavy atom. The molecule has 17 heavy (non-hydrogen) atoms. The molecule has 3 heteroatoms. The van der Waals surface area contributed by atoms with E-state index in [1.54, 1.807) is 7.11 Å². The van der Waals surface area contributed by atoms with Crippen molar-refractivity contribution in [2.75, 3.05) is 13.7 Å². The van der Waals surface area contributed by atoms with E-state index < -0.39 is 0 Å². The second-order valence-corrected chi connectivity index (χ2v) is 4.65. The first-order valence-corrected chi connectivity index (χ1v) is 6.17. The number of ether oxygens (including phenoxy) is 2. The topological polar surface area (TPSA) is 38.7 Å². The Bertz CT molecular complexity index is 376. The van der Waals surface area contributed by atoms with E-state index in [4.69, 9.17) is 9.47 Å². The monoisotopic (exact) mass is 236 g/mol. The maximum absolute atomic E-state index is 9.94. The SMILES string of the molecule is COCC(C)Oc1ccc2c(c1)[C@H](O)CCC2. The Hall–Kier alpha value is -1.06. The third-order valence-electron chi connectivity index (χ3n) is 3.14. The van der Waals surface area contributed by atoms with Gasteiger partial charge in [-0.05, 0) is 49.4 Å². The third-order valence-corrected chi connectivity index (χ3v) is 3.14. The van der Waals surface area contributed by atoms with Crippen molar-refractivity contribution in [1.29, 1.82) is 0 Å². The summed E-state index contributed by atoms with van der Waals surface area (Å²) in [6, 6.07) is 6.00. The van der Waals surface area contributed by atoms with Crippen LogP contribution in [-0.2, 0) is 11.2 Å². The molecule has 1 N–H and O–H groups in total. The molecule has 0 amide bonds. The summed E-state index contributed by atoms with van der Waals surface area (Å²) in [6.45, 7) is 2.54. The summed E-state index contributed by atoms with van der Waals surface area (Å²) in [6.07, 6.45) is 2.66. The highest BCUT2D eigenvalue weighted by Crippen LogP contribution is 2.32. The molecule has 0 radical (unpaired) electrons. The van der Waals surface area contributed by atoms with Crippen LogP contribution in [0.4, 0.5) is 0 Å². The van der Waals surface area contributed by atoms with E-state index in [1.165, 1.54) is 5.56 Å². The van der Waals surface area contributed by atoms with Gasteiger partial charge in [0, 0.05) is 7.11 Å². The summed E-state index contributed by atoms with van der Waals surface area (Å²) in [5, 5.41) is 9.94. The Morgan fingerprint density at radius 3 is 3.06 bits per heavy atom. The summed E-state index contributed by atoms with van der Waals surface area (Å²) in [7, 11) is 1.66. The van der Waals surface area contributed by atoms with Gasteiger partial charge >= 0.3 is 0 Å². The lowest BCUT2D eigenvalue weighted by Crippen LogP contribution is -2.18.